The van der Waals surface area contributed by atoms with E-state index in [1.165, 1.54) is 18.3 Å². The molecule has 3 rings (SSSR count). The number of nitrogens with one attached hydrogen (secondary N) is 2. The summed E-state index contributed by atoms with van der Waals surface area (Å²) in [5.41, 5.74) is 3.44. The second kappa shape index (κ2) is 8.89. The van der Waals surface area contributed by atoms with Gasteiger partial charge in [-0.1, -0.05) is 29.3 Å². The Morgan fingerprint density at radius 3 is 2.50 bits per heavy atom. The molecule has 0 aliphatic carbocycles. The Morgan fingerprint density at radius 2 is 1.86 bits per heavy atom. The minimum atomic E-state index is -0.131. The molecule has 5 nitrogen and oxygen atoms in total. The van der Waals surface area contributed by atoms with Gasteiger partial charge in [0.05, 0.1) is 15.7 Å². The predicted octanol–water partition coefficient (Wildman–Crippen LogP) is 6.05. The third-order valence-corrected chi connectivity index (χ3v) is 5.27. The van der Waals surface area contributed by atoms with Crippen molar-refractivity contribution in [2.75, 3.05) is 10.6 Å². The van der Waals surface area contributed by atoms with Crippen LogP contribution < -0.4 is 10.6 Å². The highest BCUT2D eigenvalue weighted by atomic mass is 35.5. The Kier molecular flexibility index (Phi) is 6.32. The van der Waals surface area contributed by atoms with Crippen molar-refractivity contribution in [1.29, 1.82) is 5.26 Å². The number of aromatic nitrogens is 1. The van der Waals surface area contributed by atoms with Crippen LogP contribution >= 0.6 is 34.5 Å². The number of amides is 1. The second-order valence-corrected chi connectivity index (χ2v) is 7.41. The number of benzene rings is 2. The molecule has 0 saturated carbocycles. The van der Waals surface area contributed by atoms with Gasteiger partial charge >= 0.3 is 0 Å². The lowest BCUT2D eigenvalue weighted by atomic mass is 10.2. The minimum Gasteiger partial charge on any atom is -0.360 e. The summed E-state index contributed by atoms with van der Waals surface area (Å²) in [5, 5.41) is 18.6. The largest absolute Gasteiger partial charge is 0.360 e. The van der Waals surface area contributed by atoms with E-state index < -0.39 is 0 Å². The lowest BCUT2D eigenvalue weighted by Crippen LogP contribution is -2.05. The van der Waals surface area contributed by atoms with E-state index in [0.717, 1.165) is 16.9 Å². The van der Waals surface area contributed by atoms with Gasteiger partial charge in [-0.05, 0) is 36.4 Å². The number of allylic oxidation sites excluding steroid dienone is 1. The van der Waals surface area contributed by atoms with Crippen molar-refractivity contribution in [1.82, 2.24) is 4.98 Å². The van der Waals surface area contributed by atoms with Crippen molar-refractivity contribution in [2.45, 2.75) is 6.92 Å². The van der Waals surface area contributed by atoms with Crippen LogP contribution in [0.3, 0.4) is 0 Å². The first-order valence-corrected chi connectivity index (χ1v) is 9.75. The third kappa shape index (κ3) is 4.90. The van der Waals surface area contributed by atoms with Gasteiger partial charge in [-0.25, -0.2) is 4.98 Å². The van der Waals surface area contributed by atoms with E-state index in [9.17, 15) is 10.1 Å². The van der Waals surface area contributed by atoms with Crippen LogP contribution in [-0.4, -0.2) is 10.9 Å². The van der Waals surface area contributed by atoms with Crippen LogP contribution in [0.25, 0.3) is 16.8 Å². The molecule has 1 amide bonds. The molecule has 2 N–H and O–H groups in total. The lowest BCUT2D eigenvalue weighted by molar-refractivity contribution is -0.114. The first-order valence-electron chi connectivity index (χ1n) is 8.12. The van der Waals surface area contributed by atoms with Gasteiger partial charge in [0, 0.05) is 35.4 Å². The minimum absolute atomic E-state index is 0.131. The van der Waals surface area contributed by atoms with Crippen molar-refractivity contribution in [3.63, 3.8) is 0 Å². The summed E-state index contributed by atoms with van der Waals surface area (Å²) in [7, 11) is 0. The van der Waals surface area contributed by atoms with Crippen LogP contribution in [0, 0.1) is 11.3 Å². The van der Waals surface area contributed by atoms with Gasteiger partial charge in [0.1, 0.15) is 16.6 Å². The van der Waals surface area contributed by atoms with E-state index in [1.807, 2.05) is 11.4 Å². The highest BCUT2D eigenvalue weighted by Crippen LogP contribution is 2.30. The number of halogens is 2. The Hall–Kier alpha value is -2.85. The van der Waals surface area contributed by atoms with Crippen molar-refractivity contribution in [3.05, 3.63) is 69.1 Å². The van der Waals surface area contributed by atoms with Gasteiger partial charge in [-0.2, -0.15) is 5.26 Å². The summed E-state index contributed by atoms with van der Waals surface area (Å²) in [6.07, 6.45) is 1.60. The van der Waals surface area contributed by atoms with Crippen LogP contribution in [0.4, 0.5) is 11.4 Å². The van der Waals surface area contributed by atoms with Gasteiger partial charge in [0.2, 0.25) is 5.91 Å². The van der Waals surface area contributed by atoms with Gasteiger partial charge < -0.3 is 10.6 Å². The van der Waals surface area contributed by atoms with Gasteiger partial charge in [-0.3, -0.25) is 4.79 Å². The molecule has 3 aromatic rings. The van der Waals surface area contributed by atoms with E-state index in [-0.39, 0.29) is 5.91 Å². The van der Waals surface area contributed by atoms with Gasteiger partial charge in [0.15, 0.2) is 0 Å². The number of nitriles is 1. The molecule has 0 saturated heterocycles. The molecule has 0 unspecified atom stereocenters. The van der Waals surface area contributed by atoms with E-state index in [4.69, 9.17) is 23.2 Å². The van der Waals surface area contributed by atoms with Gasteiger partial charge in [0.25, 0.3) is 0 Å². The summed E-state index contributed by atoms with van der Waals surface area (Å²) in [5.74, 6) is -0.131. The van der Waals surface area contributed by atoms with Crippen LogP contribution in [0.1, 0.15) is 11.9 Å². The maximum Gasteiger partial charge on any atom is 0.221 e. The van der Waals surface area contributed by atoms with Crippen molar-refractivity contribution < 1.29 is 4.79 Å². The average molecular weight is 429 g/mol. The summed E-state index contributed by atoms with van der Waals surface area (Å²) in [6.45, 7) is 1.45. The molecular weight excluding hydrogens is 415 g/mol. The SMILES string of the molecule is CC(=O)Nc1ccc(N/C=C(/C#N)c2nc(-c3ccc(Cl)c(Cl)c3)cs2)cc1. The fraction of sp³-hybridized carbons (Fsp3) is 0.0500. The number of thiazole rings is 1. The quantitative estimate of drug-likeness (QED) is 0.484. The highest BCUT2D eigenvalue weighted by molar-refractivity contribution is 7.11. The molecule has 2 aromatic carbocycles. The summed E-state index contributed by atoms with van der Waals surface area (Å²) >= 11 is 13.4. The lowest BCUT2D eigenvalue weighted by Gasteiger charge is -2.04. The number of carbonyl (C=O) groups is 1. The summed E-state index contributed by atoms with van der Waals surface area (Å²) < 4.78 is 0. The van der Waals surface area contributed by atoms with Gasteiger partial charge in [-0.15, -0.1) is 11.3 Å². The zero-order valence-electron chi connectivity index (χ0n) is 14.7. The van der Waals surface area contributed by atoms with Crippen LogP contribution in [0.5, 0.6) is 0 Å². The molecule has 0 atom stereocenters. The monoisotopic (exact) mass is 428 g/mol. The molecule has 0 bridgehead atoms. The summed E-state index contributed by atoms with van der Waals surface area (Å²) in [4.78, 5) is 15.6. The van der Waals surface area contributed by atoms with Crippen LogP contribution in [-0.2, 0) is 4.79 Å². The Labute approximate surface area is 176 Å². The topological polar surface area (TPSA) is 77.8 Å². The van der Waals surface area contributed by atoms with Crippen LogP contribution in [0.2, 0.25) is 10.0 Å². The number of hydrogen-bond acceptors (Lipinski definition) is 5. The Bertz CT molecular complexity index is 1080. The zero-order valence-corrected chi connectivity index (χ0v) is 17.0. The molecule has 1 aromatic heterocycles. The molecule has 140 valence electrons. The fourth-order valence-electron chi connectivity index (χ4n) is 2.34. The Balaban J connectivity index is 1.76. The maximum atomic E-state index is 11.1. The second-order valence-electron chi connectivity index (χ2n) is 5.74. The first-order chi connectivity index (χ1) is 13.5. The smallest absolute Gasteiger partial charge is 0.221 e. The number of carbonyl (C=O) groups excluding carboxylic acids is 1. The third-order valence-electron chi connectivity index (χ3n) is 3.66. The number of rotatable bonds is 5. The highest BCUT2D eigenvalue weighted by Gasteiger charge is 2.10. The standard InChI is InChI=1S/C20H14Cl2N4OS/c1-12(27)25-16-5-3-15(4-6-16)24-10-14(9-23)20-26-19(11-28-20)13-2-7-17(21)18(22)8-13/h2-8,10-11,24H,1H3,(H,25,27)/b14-10-. The molecule has 0 radical (unpaired) electrons. The summed E-state index contributed by atoms with van der Waals surface area (Å²) in [6, 6.07) is 14.6. The van der Waals surface area contributed by atoms with Crippen molar-refractivity contribution >= 4 is 57.4 Å². The molecule has 0 fully saturated rings. The molecular formula is C20H14Cl2N4OS. The molecule has 0 aliphatic heterocycles. The van der Waals surface area contributed by atoms with E-state index in [1.54, 1.807) is 42.6 Å². The zero-order chi connectivity index (χ0) is 20.1. The van der Waals surface area contributed by atoms with Crippen molar-refractivity contribution in [2.24, 2.45) is 0 Å². The number of hydrogen-bond donors (Lipinski definition) is 2. The molecule has 1 heterocycles. The van der Waals surface area contributed by atoms with E-state index in [0.29, 0.717) is 26.3 Å². The van der Waals surface area contributed by atoms with Crippen molar-refractivity contribution in [3.8, 4) is 17.3 Å². The average Bonchev–Trinajstić information content (AvgIpc) is 3.15. The predicted molar refractivity (Wildman–Crippen MR) is 116 cm³/mol. The first kappa shape index (κ1) is 19.9. The normalized spacial score (nSPS) is 11.0. The van der Waals surface area contributed by atoms with E-state index in [2.05, 4.69) is 21.7 Å². The Morgan fingerprint density at radius 1 is 1.14 bits per heavy atom. The molecule has 8 heteroatoms. The number of anilines is 2. The molecule has 0 spiro atoms. The fourth-order valence-corrected chi connectivity index (χ4v) is 3.43. The van der Waals surface area contributed by atoms with Crippen LogP contribution in [0.15, 0.2) is 54.0 Å². The maximum absolute atomic E-state index is 11.1. The number of nitrogens with zero attached hydrogens (tertiary/aromatic N) is 2. The molecule has 28 heavy (non-hydrogen) atoms. The van der Waals surface area contributed by atoms with E-state index >= 15 is 0 Å². The molecule has 0 aliphatic rings.